The molecule has 3 aromatic rings. The summed E-state index contributed by atoms with van der Waals surface area (Å²) in [6, 6.07) is 18.0. The molecule has 7 heteroatoms. The number of nitrogens with zero attached hydrogens (tertiary/aromatic N) is 2. The molecule has 1 fully saturated rings. The second-order valence-corrected chi connectivity index (χ2v) is 9.50. The normalized spacial score (nSPS) is 16.5. The molecule has 4 rings (SSSR count). The molecule has 1 saturated heterocycles. The molecule has 1 unspecified atom stereocenters. The minimum absolute atomic E-state index is 0.00228. The summed E-state index contributed by atoms with van der Waals surface area (Å²) in [6.45, 7) is 5.35. The number of nitrogens with one attached hydrogen (secondary N) is 1. The second-order valence-electron chi connectivity index (χ2n) is 8.38. The quantitative estimate of drug-likeness (QED) is 0.598. The Hall–Kier alpha value is -2.93. The van der Waals surface area contributed by atoms with Crippen LogP contribution in [0.25, 0.3) is 10.2 Å². The van der Waals surface area contributed by atoms with Gasteiger partial charge in [0.1, 0.15) is 0 Å². The fourth-order valence-electron chi connectivity index (χ4n) is 4.18. The number of amides is 2. The molecule has 0 bridgehead atoms. The van der Waals surface area contributed by atoms with Crippen LogP contribution in [0, 0.1) is 0 Å². The average molecular weight is 452 g/mol. The van der Waals surface area contributed by atoms with E-state index in [1.54, 1.807) is 23.2 Å². The molecule has 1 N–H and O–H groups in total. The largest absolute Gasteiger partial charge is 0.450 e. The molecule has 6 nitrogen and oxygen atoms in total. The summed E-state index contributed by atoms with van der Waals surface area (Å²) >= 11 is 1.64. The van der Waals surface area contributed by atoms with E-state index >= 15 is 0 Å². The molecular weight excluding hydrogens is 422 g/mol. The van der Waals surface area contributed by atoms with E-state index in [1.807, 2.05) is 55.5 Å². The van der Waals surface area contributed by atoms with Gasteiger partial charge in [-0.25, -0.2) is 9.78 Å². The smallest absolute Gasteiger partial charge is 0.409 e. The van der Waals surface area contributed by atoms with E-state index in [2.05, 4.69) is 11.4 Å². The number of carbonyl (C=O) groups is 2. The summed E-state index contributed by atoms with van der Waals surface area (Å²) in [5, 5.41) is 4.21. The van der Waals surface area contributed by atoms with Crippen molar-refractivity contribution >= 4 is 33.6 Å². The Labute approximate surface area is 192 Å². The number of thiazole rings is 1. The molecule has 0 saturated carbocycles. The standard InChI is InChI=1S/C25H29N3O3S/c1-3-31-24(30)28-15-13-19(14-16-28)26-23(29)25(2,18-9-5-4-6-10-18)17-22-27-20-11-7-8-12-21(20)32-22/h4-12,19H,3,13-17H2,1-2H3,(H,26,29). The topological polar surface area (TPSA) is 71.5 Å². The first-order chi connectivity index (χ1) is 15.5. The Bertz CT molecular complexity index is 1040. The van der Waals surface area contributed by atoms with Gasteiger partial charge in [-0.15, -0.1) is 11.3 Å². The monoisotopic (exact) mass is 451 g/mol. The minimum Gasteiger partial charge on any atom is -0.450 e. The van der Waals surface area contributed by atoms with Crippen molar-refractivity contribution in [1.82, 2.24) is 15.2 Å². The lowest BCUT2D eigenvalue weighted by Gasteiger charge is -2.35. The van der Waals surface area contributed by atoms with E-state index in [1.165, 1.54) is 0 Å². The SMILES string of the molecule is CCOC(=O)N1CCC(NC(=O)C(C)(Cc2nc3ccccc3s2)c2ccccc2)CC1. The maximum Gasteiger partial charge on any atom is 0.409 e. The number of para-hydroxylation sites is 1. The van der Waals surface area contributed by atoms with E-state index in [0.29, 0.717) is 26.1 Å². The van der Waals surface area contributed by atoms with Crippen molar-refractivity contribution < 1.29 is 14.3 Å². The first kappa shape index (κ1) is 22.3. The van der Waals surface area contributed by atoms with Gasteiger partial charge in [0.05, 0.1) is 27.2 Å². The van der Waals surface area contributed by atoms with Crippen LogP contribution in [-0.4, -0.2) is 47.6 Å². The highest BCUT2D eigenvalue weighted by molar-refractivity contribution is 7.18. The van der Waals surface area contributed by atoms with Gasteiger partial charge in [-0.1, -0.05) is 42.5 Å². The molecule has 2 heterocycles. The molecule has 1 aromatic heterocycles. The van der Waals surface area contributed by atoms with Gasteiger partial charge >= 0.3 is 6.09 Å². The van der Waals surface area contributed by atoms with E-state index in [4.69, 9.17) is 9.72 Å². The third-order valence-electron chi connectivity index (χ3n) is 6.11. The van der Waals surface area contributed by atoms with Gasteiger partial charge in [0.15, 0.2) is 0 Å². The van der Waals surface area contributed by atoms with Gasteiger partial charge in [0.2, 0.25) is 5.91 Å². The van der Waals surface area contributed by atoms with Gasteiger partial charge in [0, 0.05) is 25.6 Å². The van der Waals surface area contributed by atoms with Crippen molar-refractivity contribution in [3.63, 3.8) is 0 Å². The highest BCUT2D eigenvalue weighted by Crippen LogP contribution is 2.32. The molecule has 1 aliphatic rings. The van der Waals surface area contributed by atoms with Crippen LogP contribution in [0.5, 0.6) is 0 Å². The van der Waals surface area contributed by atoms with Crippen molar-refractivity contribution in [2.75, 3.05) is 19.7 Å². The first-order valence-corrected chi connectivity index (χ1v) is 11.9. The van der Waals surface area contributed by atoms with Crippen LogP contribution in [0.1, 0.15) is 37.3 Å². The van der Waals surface area contributed by atoms with Crippen LogP contribution in [0.2, 0.25) is 0 Å². The van der Waals surface area contributed by atoms with Crippen LogP contribution in [-0.2, 0) is 21.4 Å². The van der Waals surface area contributed by atoms with Gasteiger partial charge in [-0.2, -0.15) is 0 Å². The molecule has 1 atom stereocenters. The van der Waals surface area contributed by atoms with Gasteiger partial charge < -0.3 is 15.0 Å². The van der Waals surface area contributed by atoms with E-state index in [0.717, 1.165) is 33.6 Å². The fraction of sp³-hybridized carbons (Fsp3) is 0.400. The number of fused-ring (bicyclic) bond motifs is 1. The number of likely N-dealkylation sites (tertiary alicyclic amines) is 1. The fourth-order valence-corrected chi connectivity index (χ4v) is 5.31. The summed E-state index contributed by atoms with van der Waals surface area (Å²) in [5.41, 5.74) is 1.20. The summed E-state index contributed by atoms with van der Waals surface area (Å²) in [4.78, 5) is 32.1. The van der Waals surface area contributed by atoms with E-state index < -0.39 is 5.41 Å². The average Bonchev–Trinajstić information content (AvgIpc) is 3.22. The van der Waals surface area contributed by atoms with E-state index in [-0.39, 0.29) is 18.0 Å². The van der Waals surface area contributed by atoms with Crippen LogP contribution in [0.3, 0.4) is 0 Å². The number of hydrogen-bond acceptors (Lipinski definition) is 5. The Morgan fingerprint density at radius 2 is 1.81 bits per heavy atom. The lowest BCUT2D eigenvalue weighted by molar-refractivity contribution is -0.127. The van der Waals surface area contributed by atoms with Crippen molar-refractivity contribution in [3.05, 3.63) is 65.2 Å². The van der Waals surface area contributed by atoms with Gasteiger partial charge in [-0.3, -0.25) is 4.79 Å². The zero-order valence-corrected chi connectivity index (χ0v) is 19.4. The predicted molar refractivity (Wildman–Crippen MR) is 127 cm³/mol. The van der Waals surface area contributed by atoms with Crippen molar-refractivity contribution in [2.45, 2.75) is 44.6 Å². The number of carbonyl (C=O) groups excluding carboxylic acids is 2. The lowest BCUT2D eigenvalue weighted by Crippen LogP contribution is -2.52. The van der Waals surface area contributed by atoms with Crippen LogP contribution >= 0.6 is 11.3 Å². The molecule has 2 amide bonds. The molecule has 0 aliphatic carbocycles. The zero-order chi connectivity index (χ0) is 22.6. The third kappa shape index (κ3) is 4.78. The molecule has 1 aliphatic heterocycles. The number of benzene rings is 2. The maximum absolute atomic E-state index is 13.6. The van der Waals surface area contributed by atoms with Gasteiger partial charge in [0.25, 0.3) is 0 Å². The number of hydrogen-bond donors (Lipinski definition) is 1. The highest BCUT2D eigenvalue weighted by Gasteiger charge is 2.38. The molecule has 0 radical (unpaired) electrons. The highest BCUT2D eigenvalue weighted by atomic mass is 32.1. The number of ether oxygens (including phenoxy) is 1. The van der Waals surface area contributed by atoms with Gasteiger partial charge in [-0.05, 0) is 44.4 Å². The Morgan fingerprint density at radius 1 is 1.12 bits per heavy atom. The summed E-state index contributed by atoms with van der Waals surface area (Å²) in [6.07, 6.45) is 1.69. The molecule has 2 aromatic carbocycles. The summed E-state index contributed by atoms with van der Waals surface area (Å²) in [7, 11) is 0. The summed E-state index contributed by atoms with van der Waals surface area (Å²) in [5.74, 6) is -0.00228. The maximum atomic E-state index is 13.6. The summed E-state index contributed by atoms with van der Waals surface area (Å²) < 4.78 is 6.22. The number of piperidine rings is 1. The van der Waals surface area contributed by atoms with Crippen LogP contribution in [0.15, 0.2) is 54.6 Å². The van der Waals surface area contributed by atoms with Crippen molar-refractivity contribution in [1.29, 1.82) is 0 Å². The molecular formula is C25H29N3O3S. The van der Waals surface area contributed by atoms with Crippen LogP contribution in [0.4, 0.5) is 4.79 Å². The second kappa shape index (κ2) is 9.69. The Kier molecular flexibility index (Phi) is 6.74. The number of rotatable bonds is 6. The molecule has 168 valence electrons. The van der Waals surface area contributed by atoms with E-state index in [9.17, 15) is 9.59 Å². The number of aromatic nitrogens is 1. The van der Waals surface area contributed by atoms with Crippen molar-refractivity contribution in [2.24, 2.45) is 0 Å². The van der Waals surface area contributed by atoms with Crippen LogP contribution < -0.4 is 5.32 Å². The lowest BCUT2D eigenvalue weighted by atomic mass is 9.78. The third-order valence-corrected chi connectivity index (χ3v) is 7.15. The zero-order valence-electron chi connectivity index (χ0n) is 18.5. The Balaban J connectivity index is 1.50. The predicted octanol–water partition coefficient (Wildman–Crippen LogP) is 4.53. The minimum atomic E-state index is -0.743. The van der Waals surface area contributed by atoms with Crippen molar-refractivity contribution in [3.8, 4) is 0 Å². The Morgan fingerprint density at radius 3 is 2.50 bits per heavy atom. The molecule has 32 heavy (non-hydrogen) atoms. The molecule has 0 spiro atoms. The first-order valence-electron chi connectivity index (χ1n) is 11.1.